The van der Waals surface area contributed by atoms with Crippen LogP contribution < -0.4 is 0 Å². The van der Waals surface area contributed by atoms with E-state index in [4.69, 9.17) is 18.9 Å². The van der Waals surface area contributed by atoms with E-state index in [1.807, 2.05) is 0 Å². The molecule has 2 aliphatic heterocycles. The van der Waals surface area contributed by atoms with Crippen LogP contribution in [0, 0.1) is 0 Å². The molecule has 2 rings (SSSR count). The van der Waals surface area contributed by atoms with Gasteiger partial charge >= 0.3 is 0 Å². The van der Waals surface area contributed by atoms with Crippen molar-refractivity contribution in [1.29, 1.82) is 0 Å². The van der Waals surface area contributed by atoms with Crippen LogP contribution in [0.15, 0.2) is 0 Å². The Bertz CT molecular complexity index is 214. The van der Waals surface area contributed by atoms with E-state index in [-0.39, 0.29) is 0 Å². The maximum atomic E-state index is 5.70. The molecule has 0 radical (unpaired) electrons. The van der Waals surface area contributed by atoms with Crippen LogP contribution >= 0.6 is 0 Å². The minimum absolute atomic E-state index is 0.366. The molecule has 0 spiro atoms. The zero-order chi connectivity index (χ0) is 13.5. The van der Waals surface area contributed by atoms with Gasteiger partial charge in [0, 0.05) is 0 Å². The van der Waals surface area contributed by atoms with Gasteiger partial charge in [-0.15, -0.1) is 0 Å². The second-order valence-corrected chi connectivity index (χ2v) is 5.84. The van der Waals surface area contributed by atoms with Gasteiger partial charge < -0.3 is 18.9 Å². The molecular weight excluding hydrogens is 244 g/mol. The molecule has 4 nitrogen and oxygen atoms in total. The van der Waals surface area contributed by atoms with Crippen molar-refractivity contribution in [3.05, 3.63) is 0 Å². The number of rotatable bonds is 12. The van der Waals surface area contributed by atoms with Crippen LogP contribution in [0.4, 0.5) is 0 Å². The molecule has 0 aromatic carbocycles. The van der Waals surface area contributed by atoms with E-state index in [0.29, 0.717) is 24.4 Å². The minimum atomic E-state index is 0.366. The molecule has 2 heterocycles. The van der Waals surface area contributed by atoms with Gasteiger partial charge in [-0.3, -0.25) is 0 Å². The topological polar surface area (TPSA) is 43.5 Å². The van der Waals surface area contributed by atoms with Crippen molar-refractivity contribution < 1.29 is 18.9 Å². The predicted molar refractivity (Wildman–Crippen MR) is 73.4 cm³/mol. The van der Waals surface area contributed by atoms with E-state index in [9.17, 15) is 0 Å². The van der Waals surface area contributed by atoms with E-state index in [1.54, 1.807) is 0 Å². The lowest BCUT2D eigenvalue weighted by atomic mass is 10.1. The van der Waals surface area contributed by atoms with Crippen molar-refractivity contribution in [3.8, 4) is 0 Å². The smallest absolute Gasteiger partial charge is 0.104 e. The van der Waals surface area contributed by atoms with E-state index < -0.39 is 0 Å². The molecule has 2 fully saturated rings. The van der Waals surface area contributed by atoms with Crippen molar-refractivity contribution in [1.82, 2.24) is 0 Å². The Morgan fingerprint density at radius 3 is 1.63 bits per heavy atom. The Hall–Kier alpha value is -0.160. The highest BCUT2D eigenvalue weighted by Gasteiger charge is 2.23. The highest BCUT2D eigenvalue weighted by Crippen LogP contribution is 2.15. The fraction of sp³-hybridized carbons (Fsp3) is 1.00. The van der Waals surface area contributed by atoms with Crippen LogP contribution in [-0.2, 0) is 18.9 Å². The van der Waals surface area contributed by atoms with Crippen molar-refractivity contribution in [3.63, 3.8) is 0 Å². The van der Waals surface area contributed by atoms with Crippen molar-refractivity contribution >= 4 is 0 Å². The SMILES string of the molecule is CC(CCCCCC(C)OCC1CO1)OCC1CO1. The number of unbranched alkanes of at least 4 members (excludes halogenated alkanes) is 2. The van der Waals surface area contributed by atoms with Crippen molar-refractivity contribution in [2.45, 2.75) is 70.4 Å². The molecule has 2 saturated heterocycles. The average molecular weight is 272 g/mol. The summed E-state index contributed by atoms with van der Waals surface area (Å²) in [6.07, 6.45) is 7.55. The van der Waals surface area contributed by atoms with E-state index in [0.717, 1.165) is 39.3 Å². The summed E-state index contributed by atoms with van der Waals surface area (Å²) in [6, 6.07) is 0. The van der Waals surface area contributed by atoms with Gasteiger partial charge in [0.2, 0.25) is 0 Å². The van der Waals surface area contributed by atoms with Gasteiger partial charge in [0.15, 0.2) is 0 Å². The average Bonchev–Trinajstić information content (AvgIpc) is 3.28. The largest absolute Gasteiger partial charge is 0.376 e. The Morgan fingerprint density at radius 2 is 1.26 bits per heavy atom. The van der Waals surface area contributed by atoms with E-state index in [2.05, 4.69) is 13.8 Å². The van der Waals surface area contributed by atoms with Crippen LogP contribution in [0.5, 0.6) is 0 Å². The third kappa shape index (κ3) is 7.88. The number of hydrogen-bond donors (Lipinski definition) is 0. The first-order chi connectivity index (χ1) is 9.24. The Labute approximate surface area is 116 Å². The predicted octanol–water partition coefficient (Wildman–Crippen LogP) is 2.54. The molecule has 19 heavy (non-hydrogen) atoms. The maximum absolute atomic E-state index is 5.70. The highest BCUT2D eigenvalue weighted by atomic mass is 16.6. The zero-order valence-corrected chi connectivity index (χ0v) is 12.3. The summed E-state index contributed by atoms with van der Waals surface area (Å²) in [6.45, 7) is 7.63. The monoisotopic (exact) mass is 272 g/mol. The first-order valence-corrected chi connectivity index (χ1v) is 7.70. The standard InChI is InChI=1S/C15H28O4/c1-12(16-8-14-10-18-14)6-4-3-5-7-13(2)17-9-15-11-19-15/h12-15H,3-11H2,1-2H3. The van der Waals surface area contributed by atoms with Crippen LogP contribution in [0.1, 0.15) is 46.0 Å². The van der Waals surface area contributed by atoms with E-state index in [1.165, 1.54) is 19.3 Å². The molecule has 0 saturated carbocycles. The molecule has 0 aliphatic carbocycles. The van der Waals surface area contributed by atoms with E-state index >= 15 is 0 Å². The fourth-order valence-electron chi connectivity index (χ4n) is 2.08. The fourth-order valence-corrected chi connectivity index (χ4v) is 2.08. The summed E-state index contributed by atoms with van der Waals surface area (Å²) in [7, 11) is 0. The third-order valence-electron chi connectivity index (χ3n) is 3.66. The number of hydrogen-bond acceptors (Lipinski definition) is 4. The van der Waals surface area contributed by atoms with Gasteiger partial charge in [0.05, 0.1) is 38.6 Å². The number of epoxide rings is 2. The molecule has 4 unspecified atom stereocenters. The first kappa shape index (κ1) is 15.2. The van der Waals surface area contributed by atoms with Crippen LogP contribution in [-0.4, -0.2) is 50.8 Å². The first-order valence-electron chi connectivity index (χ1n) is 7.70. The van der Waals surface area contributed by atoms with Crippen molar-refractivity contribution in [2.75, 3.05) is 26.4 Å². The zero-order valence-electron chi connectivity index (χ0n) is 12.3. The minimum Gasteiger partial charge on any atom is -0.376 e. The number of ether oxygens (including phenoxy) is 4. The molecule has 4 heteroatoms. The lowest BCUT2D eigenvalue weighted by molar-refractivity contribution is 0.0432. The van der Waals surface area contributed by atoms with Gasteiger partial charge in [-0.25, -0.2) is 0 Å². The molecule has 0 aromatic heterocycles. The Morgan fingerprint density at radius 1 is 0.842 bits per heavy atom. The quantitative estimate of drug-likeness (QED) is 0.404. The van der Waals surface area contributed by atoms with Crippen molar-refractivity contribution in [2.24, 2.45) is 0 Å². The maximum Gasteiger partial charge on any atom is 0.104 e. The van der Waals surface area contributed by atoms with Gasteiger partial charge in [-0.05, 0) is 26.7 Å². The normalized spacial score (nSPS) is 28.1. The van der Waals surface area contributed by atoms with Gasteiger partial charge in [0.1, 0.15) is 12.2 Å². The summed E-state index contributed by atoms with van der Waals surface area (Å²) in [4.78, 5) is 0. The van der Waals surface area contributed by atoms with Gasteiger partial charge in [0.25, 0.3) is 0 Å². The molecule has 2 aliphatic rings. The summed E-state index contributed by atoms with van der Waals surface area (Å²) in [5.41, 5.74) is 0. The summed E-state index contributed by atoms with van der Waals surface area (Å²) >= 11 is 0. The van der Waals surface area contributed by atoms with Gasteiger partial charge in [-0.1, -0.05) is 19.3 Å². The molecule has 0 aromatic rings. The summed E-state index contributed by atoms with van der Waals surface area (Å²) in [5.74, 6) is 0. The molecule has 4 atom stereocenters. The van der Waals surface area contributed by atoms with Crippen LogP contribution in [0.25, 0.3) is 0 Å². The summed E-state index contributed by atoms with van der Waals surface area (Å²) < 4.78 is 21.7. The van der Waals surface area contributed by atoms with Crippen LogP contribution in [0.3, 0.4) is 0 Å². The lowest BCUT2D eigenvalue weighted by Crippen LogP contribution is -2.13. The molecule has 0 bridgehead atoms. The van der Waals surface area contributed by atoms with Crippen LogP contribution in [0.2, 0.25) is 0 Å². The molecular formula is C15H28O4. The molecule has 112 valence electrons. The Balaban J connectivity index is 1.34. The third-order valence-corrected chi connectivity index (χ3v) is 3.66. The lowest BCUT2D eigenvalue weighted by Gasteiger charge is -2.13. The summed E-state index contributed by atoms with van der Waals surface area (Å²) in [5, 5.41) is 0. The molecule has 0 N–H and O–H groups in total. The molecule has 0 amide bonds. The second kappa shape index (κ2) is 8.20. The highest BCUT2D eigenvalue weighted by molar-refractivity contribution is 4.69. The Kier molecular flexibility index (Phi) is 6.57. The second-order valence-electron chi connectivity index (χ2n) is 5.84. The van der Waals surface area contributed by atoms with Gasteiger partial charge in [-0.2, -0.15) is 0 Å².